The van der Waals surface area contributed by atoms with E-state index in [0.29, 0.717) is 6.04 Å². The van der Waals surface area contributed by atoms with E-state index in [4.69, 9.17) is 0 Å². The molecule has 2 fully saturated rings. The van der Waals surface area contributed by atoms with Crippen LogP contribution < -0.4 is 5.32 Å². The minimum absolute atomic E-state index is 0.686. The van der Waals surface area contributed by atoms with Gasteiger partial charge in [-0.1, -0.05) is 19.8 Å². The monoisotopic (exact) mass is 252 g/mol. The molecule has 0 aromatic rings. The molecule has 0 amide bonds. The zero-order valence-corrected chi connectivity index (χ0v) is 12.6. The second-order valence-electron chi connectivity index (χ2n) is 6.84. The largest absolute Gasteiger partial charge is 0.313 e. The molecule has 1 N–H and O–H groups in total. The van der Waals surface area contributed by atoms with Gasteiger partial charge in [-0.2, -0.15) is 0 Å². The van der Waals surface area contributed by atoms with Crippen molar-refractivity contribution in [3.8, 4) is 0 Å². The van der Waals surface area contributed by atoms with Gasteiger partial charge in [0.15, 0.2) is 0 Å². The molecule has 4 atom stereocenters. The van der Waals surface area contributed by atoms with Gasteiger partial charge in [0, 0.05) is 25.7 Å². The van der Waals surface area contributed by atoms with Crippen LogP contribution in [0.4, 0.5) is 0 Å². The Bertz CT molecular complexity index is 241. The lowest BCUT2D eigenvalue weighted by molar-refractivity contribution is 0.218. The van der Waals surface area contributed by atoms with Gasteiger partial charge in [-0.15, -0.1) is 0 Å². The van der Waals surface area contributed by atoms with Gasteiger partial charge in [0.1, 0.15) is 0 Å². The van der Waals surface area contributed by atoms with Crippen LogP contribution in [0.2, 0.25) is 0 Å². The molecule has 0 radical (unpaired) electrons. The maximum atomic E-state index is 3.63. The first-order valence-electron chi connectivity index (χ1n) is 8.11. The van der Waals surface area contributed by atoms with Crippen molar-refractivity contribution in [1.29, 1.82) is 0 Å². The summed E-state index contributed by atoms with van der Waals surface area (Å²) < 4.78 is 0. The molecule has 0 spiro atoms. The van der Waals surface area contributed by atoms with E-state index in [9.17, 15) is 0 Å². The highest BCUT2D eigenvalue weighted by molar-refractivity contribution is 4.90. The third kappa shape index (κ3) is 3.96. The lowest BCUT2D eigenvalue weighted by Gasteiger charge is -2.27. The van der Waals surface area contributed by atoms with Crippen molar-refractivity contribution < 1.29 is 0 Å². The van der Waals surface area contributed by atoms with Gasteiger partial charge in [0.2, 0.25) is 0 Å². The minimum atomic E-state index is 0.686. The molecule has 0 aromatic carbocycles. The smallest absolute Gasteiger partial charge is 0.0104 e. The van der Waals surface area contributed by atoms with Crippen LogP contribution in [0.3, 0.4) is 0 Å². The van der Waals surface area contributed by atoms with Gasteiger partial charge in [-0.05, 0) is 57.4 Å². The maximum absolute atomic E-state index is 3.63. The summed E-state index contributed by atoms with van der Waals surface area (Å²) in [5, 5.41) is 3.63. The number of likely N-dealkylation sites (N-methyl/N-ethyl adjacent to an activating group) is 1. The molecule has 0 heterocycles. The van der Waals surface area contributed by atoms with Crippen molar-refractivity contribution >= 4 is 0 Å². The zero-order chi connectivity index (χ0) is 13.0. The van der Waals surface area contributed by atoms with Crippen molar-refractivity contribution in [3.63, 3.8) is 0 Å². The summed E-state index contributed by atoms with van der Waals surface area (Å²) in [4.78, 5) is 2.55. The van der Waals surface area contributed by atoms with E-state index in [0.717, 1.165) is 24.3 Å². The van der Waals surface area contributed by atoms with Crippen molar-refractivity contribution in [3.05, 3.63) is 0 Å². The average molecular weight is 252 g/mol. The number of nitrogens with zero attached hydrogens (tertiary/aromatic N) is 1. The Morgan fingerprint density at radius 2 is 2.11 bits per heavy atom. The quantitative estimate of drug-likeness (QED) is 0.714. The Morgan fingerprint density at radius 1 is 1.28 bits per heavy atom. The minimum Gasteiger partial charge on any atom is -0.313 e. The van der Waals surface area contributed by atoms with Gasteiger partial charge in [0.05, 0.1) is 0 Å². The van der Waals surface area contributed by atoms with Crippen LogP contribution in [0.25, 0.3) is 0 Å². The molecule has 18 heavy (non-hydrogen) atoms. The molecule has 4 unspecified atom stereocenters. The van der Waals surface area contributed by atoms with Gasteiger partial charge in [-0.25, -0.2) is 0 Å². The maximum Gasteiger partial charge on any atom is 0.0104 e. The molecule has 2 aliphatic rings. The first-order valence-corrected chi connectivity index (χ1v) is 8.11. The number of hydrogen-bond acceptors (Lipinski definition) is 2. The molecule has 2 bridgehead atoms. The second kappa shape index (κ2) is 6.91. The summed E-state index contributed by atoms with van der Waals surface area (Å²) in [6, 6.07) is 0.686. The summed E-state index contributed by atoms with van der Waals surface area (Å²) in [6.45, 7) is 8.27. The first-order chi connectivity index (χ1) is 8.69. The molecule has 2 saturated carbocycles. The van der Waals surface area contributed by atoms with Gasteiger partial charge >= 0.3 is 0 Å². The van der Waals surface area contributed by atoms with Crippen molar-refractivity contribution in [1.82, 2.24) is 10.2 Å². The molecule has 0 saturated heterocycles. The fourth-order valence-electron chi connectivity index (χ4n) is 4.13. The van der Waals surface area contributed by atoms with E-state index in [2.05, 4.69) is 31.1 Å². The summed E-state index contributed by atoms with van der Waals surface area (Å²) in [5.41, 5.74) is 0. The standard InChI is InChI=1S/C16H32N2/c1-4-5-13(2)17-8-9-18(3)12-16-11-14-6-7-15(16)10-14/h13-17H,4-12H2,1-3H3. The van der Waals surface area contributed by atoms with E-state index in [1.807, 2.05) is 0 Å². The van der Waals surface area contributed by atoms with Crippen molar-refractivity contribution in [2.75, 3.05) is 26.7 Å². The highest BCUT2D eigenvalue weighted by atomic mass is 15.1. The number of nitrogens with one attached hydrogen (secondary N) is 1. The SMILES string of the molecule is CCCC(C)NCCN(C)CC1CC2CCC1C2. The highest BCUT2D eigenvalue weighted by Crippen LogP contribution is 2.48. The Morgan fingerprint density at radius 3 is 2.72 bits per heavy atom. The van der Waals surface area contributed by atoms with Crippen LogP contribution in [-0.2, 0) is 0 Å². The van der Waals surface area contributed by atoms with E-state index in [-0.39, 0.29) is 0 Å². The van der Waals surface area contributed by atoms with Crippen LogP contribution in [-0.4, -0.2) is 37.6 Å². The first kappa shape index (κ1) is 14.3. The van der Waals surface area contributed by atoms with Gasteiger partial charge in [-0.3, -0.25) is 0 Å². The summed E-state index contributed by atoms with van der Waals surface area (Å²) in [7, 11) is 2.30. The fourth-order valence-corrected chi connectivity index (χ4v) is 4.13. The van der Waals surface area contributed by atoms with E-state index < -0.39 is 0 Å². The third-order valence-corrected chi connectivity index (χ3v) is 5.14. The van der Waals surface area contributed by atoms with Crippen LogP contribution in [0.5, 0.6) is 0 Å². The second-order valence-corrected chi connectivity index (χ2v) is 6.84. The Labute approximate surface area is 114 Å². The number of fused-ring (bicyclic) bond motifs is 2. The number of hydrogen-bond donors (Lipinski definition) is 1. The highest BCUT2D eigenvalue weighted by Gasteiger charge is 2.39. The molecule has 2 nitrogen and oxygen atoms in total. The average Bonchev–Trinajstić information content (AvgIpc) is 2.91. The van der Waals surface area contributed by atoms with Crippen molar-refractivity contribution in [2.45, 2.75) is 58.4 Å². The molecular weight excluding hydrogens is 220 g/mol. The Hall–Kier alpha value is -0.0800. The topological polar surface area (TPSA) is 15.3 Å². The lowest BCUT2D eigenvalue weighted by Crippen LogP contribution is -2.37. The molecule has 0 aliphatic heterocycles. The normalized spacial score (nSPS) is 32.3. The van der Waals surface area contributed by atoms with Gasteiger partial charge < -0.3 is 10.2 Å². The summed E-state index contributed by atoms with van der Waals surface area (Å²) in [6.07, 6.45) is 8.71. The summed E-state index contributed by atoms with van der Waals surface area (Å²) in [5.74, 6) is 3.18. The number of rotatable bonds is 8. The van der Waals surface area contributed by atoms with Crippen molar-refractivity contribution in [2.24, 2.45) is 17.8 Å². The van der Waals surface area contributed by atoms with Gasteiger partial charge in [0.25, 0.3) is 0 Å². The predicted octanol–water partition coefficient (Wildman–Crippen LogP) is 3.13. The third-order valence-electron chi connectivity index (χ3n) is 5.14. The van der Waals surface area contributed by atoms with E-state index in [1.165, 1.54) is 45.2 Å². The predicted molar refractivity (Wildman–Crippen MR) is 78.8 cm³/mol. The molecule has 0 aromatic heterocycles. The van der Waals surface area contributed by atoms with Crippen LogP contribution in [0.15, 0.2) is 0 Å². The molecule has 2 rings (SSSR count). The van der Waals surface area contributed by atoms with E-state index in [1.54, 1.807) is 6.42 Å². The Balaban J connectivity index is 1.56. The lowest BCUT2D eigenvalue weighted by atomic mass is 9.88. The zero-order valence-electron chi connectivity index (χ0n) is 12.6. The summed E-state index contributed by atoms with van der Waals surface area (Å²) >= 11 is 0. The Kier molecular flexibility index (Phi) is 5.50. The molecular formula is C16H32N2. The van der Waals surface area contributed by atoms with Crippen LogP contribution in [0.1, 0.15) is 52.4 Å². The molecule has 2 heteroatoms. The van der Waals surface area contributed by atoms with Crippen LogP contribution >= 0.6 is 0 Å². The van der Waals surface area contributed by atoms with Crippen LogP contribution in [0, 0.1) is 17.8 Å². The van der Waals surface area contributed by atoms with E-state index >= 15 is 0 Å². The molecule has 2 aliphatic carbocycles. The fraction of sp³-hybridized carbons (Fsp3) is 1.00. The molecule has 106 valence electrons.